The van der Waals surface area contributed by atoms with E-state index >= 15 is 0 Å². The van der Waals surface area contributed by atoms with Gasteiger partial charge in [-0.2, -0.15) is 4.98 Å². The Bertz CT molecular complexity index is 951. The molecule has 1 aliphatic heterocycles. The molecule has 0 radical (unpaired) electrons. The van der Waals surface area contributed by atoms with E-state index in [2.05, 4.69) is 51.1 Å². The highest BCUT2D eigenvalue weighted by Gasteiger charge is 2.34. The lowest BCUT2D eigenvalue weighted by atomic mass is 10.0. The van der Waals surface area contributed by atoms with Crippen molar-refractivity contribution < 1.29 is 4.52 Å². The average molecular weight is 345 g/mol. The molecule has 6 heteroatoms. The Hall–Kier alpha value is -3.04. The Morgan fingerprint density at radius 2 is 2.08 bits per heavy atom. The number of hydrogen-bond acceptors (Lipinski definition) is 6. The summed E-state index contributed by atoms with van der Waals surface area (Å²) >= 11 is 0. The molecule has 1 unspecified atom stereocenters. The Balaban J connectivity index is 1.49. The average Bonchev–Trinajstić information content (AvgIpc) is 3.28. The quantitative estimate of drug-likeness (QED) is 0.719. The van der Waals surface area contributed by atoms with E-state index in [4.69, 9.17) is 4.52 Å². The van der Waals surface area contributed by atoms with Gasteiger partial charge in [-0.25, -0.2) is 4.98 Å². The number of rotatable bonds is 2. The minimum Gasteiger partial charge on any atom is -0.337 e. The third-order valence-electron chi connectivity index (χ3n) is 4.36. The molecule has 0 saturated carbocycles. The molecule has 0 bridgehead atoms. The van der Waals surface area contributed by atoms with Gasteiger partial charge in [0.15, 0.2) is 0 Å². The van der Waals surface area contributed by atoms with Crippen LogP contribution in [0, 0.1) is 11.8 Å². The van der Waals surface area contributed by atoms with Gasteiger partial charge in [0, 0.05) is 23.5 Å². The van der Waals surface area contributed by atoms with Gasteiger partial charge in [0.2, 0.25) is 11.7 Å². The summed E-state index contributed by atoms with van der Waals surface area (Å²) in [5.41, 5.74) is 2.31. The van der Waals surface area contributed by atoms with Gasteiger partial charge >= 0.3 is 0 Å². The van der Waals surface area contributed by atoms with E-state index in [0.29, 0.717) is 17.4 Å². The highest BCUT2D eigenvalue weighted by molar-refractivity contribution is 5.50. The lowest BCUT2D eigenvalue weighted by molar-refractivity contribution is 0.328. The van der Waals surface area contributed by atoms with Crippen LogP contribution in [-0.4, -0.2) is 25.6 Å². The first-order valence-electron chi connectivity index (χ1n) is 8.60. The molecule has 1 atom stereocenters. The third-order valence-corrected chi connectivity index (χ3v) is 4.36. The van der Waals surface area contributed by atoms with Gasteiger partial charge in [-0.1, -0.05) is 17.1 Å². The molecule has 1 fully saturated rings. The zero-order chi connectivity index (χ0) is 18.0. The van der Waals surface area contributed by atoms with Crippen molar-refractivity contribution in [3.63, 3.8) is 0 Å². The second kappa shape index (κ2) is 6.70. The minimum absolute atomic E-state index is 0.103. The Labute approximate surface area is 152 Å². The van der Waals surface area contributed by atoms with Gasteiger partial charge in [-0.15, -0.1) is 0 Å². The molecule has 1 N–H and O–H groups in total. The maximum Gasteiger partial charge on any atom is 0.244 e. The molecule has 4 heterocycles. The van der Waals surface area contributed by atoms with Gasteiger partial charge in [0.25, 0.3) is 0 Å². The number of hydrogen-bond donors (Lipinski definition) is 1. The fourth-order valence-corrected chi connectivity index (χ4v) is 2.96. The van der Waals surface area contributed by atoms with Gasteiger partial charge < -0.3 is 9.84 Å². The van der Waals surface area contributed by atoms with Crippen LogP contribution in [0.2, 0.25) is 0 Å². The maximum atomic E-state index is 5.43. The van der Waals surface area contributed by atoms with Crippen LogP contribution >= 0.6 is 0 Å². The molecule has 0 amide bonds. The summed E-state index contributed by atoms with van der Waals surface area (Å²) in [5, 5.41) is 7.58. The lowest BCUT2D eigenvalue weighted by Crippen LogP contribution is -2.33. The summed E-state index contributed by atoms with van der Waals surface area (Å²) in [6.07, 6.45) is 5.50. The summed E-state index contributed by atoms with van der Waals surface area (Å²) < 4.78 is 5.43. The number of nitrogens with zero attached hydrogens (tertiary/aromatic N) is 4. The number of aromatic nitrogens is 4. The zero-order valence-corrected chi connectivity index (χ0v) is 14.7. The van der Waals surface area contributed by atoms with Crippen LogP contribution in [-0.2, 0) is 0 Å². The van der Waals surface area contributed by atoms with Crippen molar-refractivity contribution in [2.24, 2.45) is 0 Å². The smallest absolute Gasteiger partial charge is 0.244 e. The van der Waals surface area contributed by atoms with Gasteiger partial charge in [0.05, 0.1) is 6.04 Å². The first-order valence-corrected chi connectivity index (χ1v) is 8.60. The first-order chi connectivity index (χ1) is 12.6. The predicted molar refractivity (Wildman–Crippen MR) is 96.9 cm³/mol. The summed E-state index contributed by atoms with van der Waals surface area (Å²) in [7, 11) is 0. The molecular weight excluding hydrogens is 326 g/mol. The topological polar surface area (TPSA) is 76.7 Å². The molecule has 0 spiro atoms. The van der Waals surface area contributed by atoms with E-state index in [9.17, 15) is 0 Å². The molecule has 1 aliphatic rings. The van der Waals surface area contributed by atoms with E-state index in [1.807, 2.05) is 30.3 Å². The largest absolute Gasteiger partial charge is 0.337 e. The van der Waals surface area contributed by atoms with E-state index < -0.39 is 0 Å². The third kappa shape index (κ3) is 3.63. The van der Waals surface area contributed by atoms with Crippen LogP contribution < -0.4 is 5.32 Å². The van der Waals surface area contributed by atoms with E-state index in [-0.39, 0.29) is 11.6 Å². The van der Waals surface area contributed by atoms with Crippen LogP contribution in [0.15, 0.2) is 47.2 Å². The SMILES string of the molecule is CC1(C)CCC(c2nc(-c3ccc(C#Cc4ccccn4)cn3)no2)N1. The Kier molecular flexibility index (Phi) is 4.23. The molecule has 0 aliphatic carbocycles. The van der Waals surface area contributed by atoms with Crippen molar-refractivity contribution >= 4 is 0 Å². The van der Waals surface area contributed by atoms with E-state index in [1.54, 1.807) is 12.4 Å². The van der Waals surface area contributed by atoms with Crippen LogP contribution in [0.4, 0.5) is 0 Å². The molecule has 6 nitrogen and oxygen atoms in total. The zero-order valence-electron chi connectivity index (χ0n) is 14.7. The summed E-state index contributed by atoms with van der Waals surface area (Å²) in [6, 6.07) is 9.49. The van der Waals surface area contributed by atoms with Crippen molar-refractivity contribution in [2.75, 3.05) is 0 Å². The molecule has 0 aromatic carbocycles. The standard InChI is InChI=1S/C20H19N5O/c1-20(2)11-10-17(24-20)19-23-18(25-26-19)16-9-7-14(13-22-16)6-8-15-5-3-4-12-21-15/h3-5,7,9,12-13,17,24H,10-11H2,1-2H3. The monoisotopic (exact) mass is 345 g/mol. The number of pyridine rings is 2. The van der Waals surface area contributed by atoms with Gasteiger partial charge in [0.1, 0.15) is 11.4 Å². The van der Waals surface area contributed by atoms with Gasteiger partial charge in [-0.05, 0) is 56.9 Å². The first kappa shape index (κ1) is 16.4. The highest BCUT2D eigenvalue weighted by Crippen LogP contribution is 2.32. The number of nitrogens with one attached hydrogen (secondary N) is 1. The van der Waals surface area contributed by atoms with Crippen molar-refractivity contribution in [2.45, 2.75) is 38.3 Å². The molecule has 130 valence electrons. The van der Waals surface area contributed by atoms with Gasteiger partial charge in [-0.3, -0.25) is 4.98 Å². The second-order valence-electron chi connectivity index (χ2n) is 6.97. The highest BCUT2D eigenvalue weighted by atomic mass is 16.5. The van der Waals surface area contributed by atoms with Crippen molar-refractivity contribution in [1.82, 2.24) is 25.4 Å². The van der Waals surface area contributed by atoms with Crippen LogP contribution in [0.25, 0.3) is 11.5 Å². The fourth-order valence-electron chi connectivity index (χ4n) is 2.96. The molecule has 3 aromatic rings. The second-order valence-corrected chi connectivity index (χ2v) is 6.97. The summed E-state index contributed by atoms with van der Waals surface area (Å²) in [5.74, 6) is 7.17. The molecular formula is C20H19N5O. The summed E-state index contributed by atoms with van der Waals surface area (Å²) in [6.45, 7) is 4.35. The Morgan fingerprint density at radius 1 is 1.15 bits per heavy atom. The van der Waals surface area contributed by atoms with E-state index in [1.165, 1.54) is 0 Å². The van der Waals surface area contributed by atoms with Crippen molar-refractivity contribution in [3.8, 4) is 23.4 Å². The lowest BCUT2D eigenvalue weighted by Gasteiger charge is -2.18. The van der Waals surface area contributed by atoms with Crippen LogP contribution in [0.3, 0.4) is 0 Å². The Morgan fingerprint density at radius 3 is 2.77 bits per heavy atom. The van der Waals surface area contributed by atoms with Crippen molar-refractivity contribution in [1.29, 1.82) is 0 Å². The molecule has 26 heavy (non-hydrogen) atoms. The molecule has 1 saturated heterocycles. The maximum absolute atomic E-state index is 5.43. The van der Waals surface area contributed by atoms with Crippen molar-refractivity contribution in [3.05, 3.63) is 59.9 Å². The van der Waals surface area contributed by atoms with Crippen LogP contribution in [0.1, 0.15) is 49.9 Å². The summed E-state index contributed by atoms with van der Waals surface area (Å²) in [4.78, 5) is 13.1. The molecule has 4 rings (SSSR count). The normalized spacial score (nSPS) is 18.3. The fraction of sp³-hybridized carbons (Fsp3) is 0.300. The predicted octanol–water partition coefficient (Wildman–Crippen LogP) is 3.13. The van der Waals surface area contributed by atoms with Crippen LogP contribution in [0.5, 0.6) is 0 Å². The minimum atomic E-state index is 0.103. The molecule has 3 aromatic heterocycles. The van der Waals surface area contributed by atoms with E-state index in [0.717, 1.165) is 24.1 Å².